The molecule has 4 aromatic rings. The van der Waals surface area contributed by atoms with Gasteiger partial charge in [0.2, 0.25) is 0 Å². The molecule has 0 aliphatic carbocycles. The lowest BCUT2D eigenvalue weighted by Gasteiger charge is -2.37. The number of carboxylic acid groups (broad SMARTS) is 4. The number of rotatable bonds is 17. The number of para-hydroxylation sites is 2. The highest BCUT2D eigenvalue weighted by Gasteiger charge is 2.54. The van der Waals surface area contributed by atoms with Crippen molar-refractivity contribution >= 4 is 53.2 Å². The first-order valence-electron chi connectivity index (χ1n) is 17.5. The SMILES string of the molecule is CC(=O)Oc1ccc2c(c1)Oc1cc(OC(C)=O)ccc1C21OC(=O)c2cc(N(CC(=O)O)CC(=O)O)c(OCCOc3ccccc3N(CC(=O)O)CC(=O)O)cc21. The van der Waals surface area contributed by atoms with E-state index in [0.717, 1.165) is 9.80 Å². The minimum atomic E-state index is -1.81. The van der Waals surface area contributed by atoms with Crippen LogP contribution in [-0.2, 0) is 39.1 Å². The largest absolute Gasteiger partial charge is 0.488 e. The molecule has 19 nitrogen and oxygen atoms in total. The van der Waals surface area contributed by atoms with E-state index in [1.54, 1.807) is 12.1 Å². The van der Waals surface area contributed by atoms with Crippen LogP contribution in [0.4, 0.5) is 11.4 Å². The number of hydrogen-bond acceptors (Lipinski definition) is 15. The second-order valence-electron chi connectivity index (χ2n) is 13.0. The predicted octanol–water partition coefficient (Wildman–Crippen LogP) is 3.51. The summed E-state index contributed by atoms with van der Waals surface area (Å²) in [5.74, 6) is -7.19. The lowest BCUT2D eigenvalue weighted by Crippen LogP contribution is -2.35. The highest BCUT2D eigenvalue weighted by atomic mass is 16.6. The van der Waals surface area contributed by atoms with Gasteiger partial charge in [0.05, 0.1) is 16.9 Å². The average molecular weight is 815 g/mol. The van der Waals surface area contributed by atoms with Crippen LogP contribution in [0.25, 0.3) is 0 Å². The third kappa shape index (κ3) is 8.78. The Hall–Kier alpha value is -7.83. The standard InChI is InChI=1S/C40H34N2O17/c1-21(43)56-23-7-9-26-32(13-23)58-33-14-24(57-22(2)44)8-10-27(33)40(26)28-16-34(30(15-25(28)39(53)59-40)42(19-37(49)50)20-38(51)52)55-12-11-54-31-6-4-3-5-29(31)41(17-35(45)46)18-36(47)48/h3-10,13-16H,11-12,17-20H2,1-2H3,(H,45,46)(H,47,48)(H,49,50)(H,51,52). The minimum Gasteiger partial charge on any atom is -0.488 e. The molecule has 6 rings (SSSR count). The maximum atomic E-state index is 14.0. The number of esters is 3. The second kappa shape index (κ2) is 16.7. The van der Waals surface area contributed by atoms with Gasteiger partial charge in [0, 0.05) is 42.7 Å². The summed E-state index contributed by atoms with van der Waals surface area (Å²) in [6.45, 7) is -1.12. The molecule has 0 fully saturated rings. The Morgan fingerprint density at radius 2 is 1.07 bits per heavy atom. The molecule has 0 saturated heterocycles. The van der Waals surface area contributed by atoms with Gasteiger partial charge in [-0.1, -0.05) is 12.1 Å². The molecule has 4 N–H and O–H groups in total. The van der Waals surface area contributed by atoms with Gasteiger partial charge in [0.15, 0.2) is 5.60 Å². The molecule has 306 valence electrons. The quantitative estimate of drug-likeness (QED) is 0.0675. The van der Waals surface area contributed by atoms with E-state index in [1.165, 1.54) is 74.5 Å². The van der Waals surface area contributed by atoms with Crippen LogP contribution in [0.15, 0.2) is 72.8 Å². The Balaban J connectivity index is 1.45. The molecule has 19 heteroatoms. The van der Waals surface area contributed by atoms with Crippen molar-refractivity contribution in [2.45, 2.75) is 19.4 Å². The van der Waals surface area contributed by atoms with Crippen molar-refractivity contribution in [1.82, 2.24) is 0 Å². The van der Waals surface area contributed by atoms with Crippen molar-refractivity contribution in [2.75, 3.05) is 49.2 Å². The molecule has 2 aliphatic heterocycles. The van der Waals surface area contributed by atoms with Crippen LogP contribution in [0.3, 0.4) is 0 Å². The highest BCUT2D eigenvalue weighted by Crippen LogP contribution is 2.58. The van der Waals surface area contributed by atoms with Gasteiger partial charge in [-0.3, -0.25) is 28.8 Å². The second-order valence-corrected chi connectivity index (χ2v) is 13.0. The molecule has 0 aromatic heterocycles. The average Bonchev–Trinajstić information content (AvgIpc) is 3.42. The number of carbonyl (C=O) groups is 7. The number of hydrogen-bond donors (Lipinski definition) is 4. The zero-order valence-corrected chi connectivity index (χ0v) is 31.2. The zero-order valence-electron chi connectivity index (χ0n) is 31.2. The van der Waals surface area contributed by atoms with Gasteiger partial charge in [0.1, 0.15) is 73.9 Å². The number of fused-ring (bicyclic) bond motifs is 6. The van der Waals surface area contributed by atoms with Gasteiger partial charge in [0.25, 0.3) is 0 Å². The van der Waals surface area contributed by atoms with Gasteiger partial charge >= 0.3 is 41.8 Å². The fraction of sp³-hybridized carbons (Fsp3) is 0.225. The number of benzene rings is 4. The molecule has 4 aromatic carbocycles. The Morgan fingerprint density at radius 1 is 0.593 bits per heavy atom. The maximum absolute atomic E-state index is 14.0. The van der Waals surface area contributed by atoms with Crippen LogP contribution in [0, 0.1) is 0 Å². The third-order valence-electron chi connectivity index (χ3n) is 8.80. The first kappa shape index (κ1) is 40.8. The minimum absolute atomic E-state index is 0.0775. The predicted molar refractivity (Wildman–Crippen MR) is 200 cm³/mol. The van der Waals surface area contributed by atoms with E-state index in [4.69, 9.17) is 28.4 Å². The number of aliphatic carboxylic acids is 4. The van der Waals surface area contributed by atoms with Crippen molar-refractivity contribution in [3.8, 4) is 34.5 Å². The first-order valence-corrected chi connectivity index (χ1v) is 17.5. The Morgan fingerprint density at radius 3 is 1.56 bits per heavy atom. The lowest BCUT2D eigenvalue weighted by molar-refractivity contribution is -0.138. The summed E-state index contributed by atoms with van der Waals surface area (Å²) in [6.07, 6.45) is 0. The highest BCUT2D eigenvalue weighted by molar-refractivity contribution is 5.99. The van der Waals surface area contributed by atoms with Crippen LogP contribution in [-0.4, -0.2) is 102 Å². The molecule has 0 unspecified atom stereocenters. The van der Waals surface area contributed by atoms with Gasteiger partial charge in [-0.2, -0.15) is 0 Å². The molecule has 0 amide bonds. The van der Waals surface area contributed by atoms with Crippen LogP contribution in [0.2, 0.25) is 0 Å². The fourth-order valence-electron chi connectivity index (χ4n) is 6.77. The van der Waals surface area contributed by atoms with Gasteiger partial charge in [-0.15, -0.1) is 0 Å². The molecular formula is C40H34N2O17. The molecule has 0 radical (unpaired) electrons. The van der Waals surface area contributed by atoms with Crippen molar-refractivity contribution < 1.29 is 82.4 Å². The van der Waals surface area contributed by atoms with E-state index >= 15 is 0 Å². The summed E-state index contributed by atoms with van der Waals surface area (Å²) in [4.78, 5) is 86.7. The van der Waals surface area contributed by atoms with E-state index in [2.05, 4.69) is 0 Å². The molecule has 59 heavy (non-hydrogen) atoms. The molecule has 2 aliphatic rings. The van der Waals surface area contributed by atoms with Crippen LogP contribution >= 0.6 is 0 Å². The molecular weight excluding hydrogens is 780 g/mol. The van der Waals surface area contributed by atoms with E-state index in [1.807, 2.05) is 0 Å². The van der Waals surface area contributed by atoms with Gasteiger partial charge < -0.3 is 58.6 Å². The Kier molecular flexibility index (Phi) is 11.6. The summed E-state index contributed by atoms with van der Waals surface area (Å²) in [6, 6.07) is 17.4. The summed E-state index contributed by atoms with van der Waals surface area (Å²) < 4.78 is 35.0. The zero-order chi connectivity index (χ0) is 42.6. The van der Waals surface area contributed by atoms with E-state index in [0.29, 0.717) is 0 Å². The first-order chi connectivity index (χ1) is 28.0. The molecule has 2 heterocycles. The van der Waals surface area contributed by atoms with Gasteiger partial charge in [-0.05, 0) is 48.5 Å². The molecule has 0 saturated carbocycles. The normalized spacial score (nSPS) is 12.7. The van der Waals surface area contributed by atoms with Crippen LogP contribution < -0.4 is 33.5 Å². The van der Waals surface area contributed by atoms with E-state index in [-0.39, 0.29) is 81.3 Å². The summed E-state index contributed by atoms with van der Waals surface area (Å²) in [5, 5.41) is 38.3. The number of carboxylic acids is 4. The van der Waals surface area contributed by atoms with Crippen LogP contribution in [0.5, 0.6) is 34.5 Å². The molecule has 1 spiro atoms. The third-order valence-corrected chi connectivity index (χ3v) is 8.80. The summed E-state index contributed by atoms with van der Waals surface area (Å²) in [5.41, 5.74) is -1.19. The lowest BCUT2D eigenvalue weighted by atomic mass is 9.77. The van der Waals surface area contributed by atoms with Gasteiger partial charge in [-0.25, -0.2) is 4.79 Å². The summed E-state index contributed by atoms with van der Waals surface area (Å²) in [7, 11) is 0. The van der Waals surface area contributed by atoms with Crippen molar-refractivity contribution in [3.05, 3.63) is 95.1 Å². The van der Waals surface area contributed by atoms with Crippen LogP contribution in [0.1, 0.15) is 40.9 Å². The Labute approximate surface area is 333 Å². The van der Waals surface area contributed by atoms with Crippen molar-refractivity contribution in [1.29, 1.82) is 0 Å². The maximum Gasteiger partial charge on any atom is 0.340 e. The number of nitrogens with zero attached hydrogens (tertiary/aromatic N) is 2. The van der Waals surface area contributed by atoms with E-state index in [9.17, 15) is 54.0 Å². The molecule has 0 atom stereocenters. The number of ether oxygens (including phenoxy) is 6. The topological polar surface area (TPSA) is 262 Å². The fourth-order valence-corrected chi connectivity index (χ4v) is 6.77. The molecule has 0 bridgehead atoms. The van der Waals surface area contributed by atoms with Crippen molar-refractivity contribution in [2.24, 2.45) is 0 Å². The van der Waals surface area contributed by atoms with Crippen molar-refractivity contribution in [3.63, 3.8) is 0 Å². The smallest absolute Gasteiger partial charge is 0.340 e. The Bertz CT molecular complexity index is 2290. The van der Waals surface area contributed by atoms with E-state index < -0.39 is 73.6 Å². The number of carbonyl (C=O) groups excluding carboxylic acids is 3. The summed E-state index contributed by atoms with van der Waals surface area (Å²) >= 11 is 0. The number of anilines is 2. The monoisotopic (exact) mass is 814 g/mol.